The molecule has 1 aromatic rings. The Balaban J connectivity index is 3.19. The Bertz CT molecular complexity index is 641. The summed E-state index contributed by atoms with van der Waals surface area (Å²) in [6.07, 6.45) is 0. The molecule has 0 saturated heterocycles. The molecule has 0 unspecified atom stereocenters. The first kappa shape index (κ1) is 19.7. The summed E-state index contributed by atoms with van der Waals surface area (Å²) in [6, 6.07) is 4.87. The van der Waals surface area contributed by atoms with Gasteiger partial charge in [-0.15, -0.1) is 0 Å². The maximum atomic E-state index is 12.6. The Morgan fingerprint density at radius 2 is 1.91 bits per heavy atom. The van der Waals surface area contributed by atoms with Crippen LogP contribution in [0.25, 0.3) is 0 Å². The number of sulfonamides is 1. The van der Waals surface area contributed by atoms with E-state index in [9.17, 15) is 8.42 Å². The molecule has 0 fully saturated rings. The van der Waals surface area contributed by atoms with Crippen molar-refractivity contribution in [3.05, 3.63) is 18.2 Å². The van der Waals surface area contributed by atoms with Crippen molar-refractivity contribution >= 4 is 33.0 Å². The summed E-state index contributed by atoms with van der Waals surface area (Å²) in [6.45, 7) is 8.39. The first-order valence-corrected chi connectivity index (χ1v) is 9.36. The molecule has 1 rings (SSSR count). The van der Waals surface area contributed by atoms with E-state index in [0.717, 1.165) is 0 Å². The fourth-order valence-corrected chi connectivity index (χ4v) is 3.91. The Morgan fingerprint density at radius 1 is 1.30 bits per heavy atom. The number of nitrogens with one attached hydrogen (secondary N) is 2. The van der Waals surface area contributed by atoms with Crippen molar-refractivity contribution in [3.63, 3.8) is 0 Å². The Hall–Kier alpha value is -1.38. The zero-order valence-corrected chi connectivity index (χ0v) is 15.8. The van der Waals surface area contributed by atoms with Crippen LogP contribution in [0.3, 0.4) is 0 Å². The summed E-state index contributed by atoms with van der Waals surface area (Å²) in [5.74, 6) is 0.524. The third-order valence-corrected chi connectivity index (χ3v) is 5.45. The topological polar surface area (TPSA) is 70.7 Å². The van der Waals surface area contributed by atoms with Crippen molar-refractivity contribution < 1.29 is 13.2 Å². The maximum absolute atomic E-state index is 12.6. The molecule has 0 aromatic heterocycles. The van der Waals surface area contributed by atoms with Crippen molar-refractivity contribution in [2.45, 2.75) is 38.6 Å². The number of ether oxygens (including phenoxy) is 1. The first-order valence-electron chi connectivity index (χ1n) is 7.51. The molecule has 6 nitrogen and oxygen atoms in total. The lowest BCUT2D eigenvalue weighted by Gasteiger charge is -2.20. The lowest BCUT2D eigenvalue weighted by molar-refractivity contribution is 0.416. The molecule has 8 heteroatoms. The monoisotopic (exact) mass is 359 g/mol. The van der Waals surface area contributed by atoms with Crippen molar-refractivity contribution in [2.24, 2.45) is 0 Å². The van der Waals surface area contributed by atoms with Gasteiger partial charge in [-0.1, -0.05) is 13.8 Å². The number of hydrogen-bond acceptors (Lipinski definition) is 4. The van der Waals surface area contributed by atoms with Crippen LogP contribution < -0.4 is 15.4 Å². The van der Waals surface area contributed by atoms with Crippen molar-refractivity contribution in [1.82, 2.24) is 9.62 Å². The molecule has 0 aliphatic rings. The van der Waals surface area contributed by atoms with Gasteiger partial charge in [0.15, 0.2) is 5.11 Å². The molecule has 130 valence electrons. The van der Waals surface area contributed by atoms with Crippen LogP contribution in [0.1, 0.15) is 27.7 Å². The maximum Gasteiger partial charge on any atom is 0.243 e. The van der Waals surface area contributed by atoms with Crippen LogP contribution in [0.4, 0.5) is 5.69 Å². The minimum Gasteiger partial charge on any atom is -0.495 e. The Labute approximate surface area is 144 Å². The number of rotatable bonds is 7. The van der Waals surface area contributed by atoms with Gasteiger partial charge in [0.1, 0.15) is 5.75 Å². The van der Waals surface area contributed by atoms with E-state index in [-0.39, 0.29) is 10.9 Å². The first-order chi connectivity index (χ1) is 10.8. The molecule has 0 aliphatic carbocycles. The average Bonchev–Trinajstić information content (AvgIpc) is 2.47. The summed E-state index contributed by atoms with van der Waals surface area (Å²) in [7, 11) is -2.01. The number of methoxy groups -OCH3 is 1. The van der Waals surface area contributed by atoms with Crippen LogP contribution in [0.5, 0.6) is 5.75 Å². The van der Waals surface area contributed by atoms with Gasteiger partial charge in [0, 0.05) is 19.1 Å². The van der Waals surface area contributed by atoms with Gasteiger partial charge >= 0.3 is 0 Å². The standard InChI is InChI=1S/C15H25N3O3S2/c1-6-18(7-2)23(19,20)12-8-9-14(21-5)13(10-12)17-15(22)16-11(3)4/h8-11H,6-7H2,1-5H3,(H2,16,17,22). The van der Waals surface area contributed by atoms with Gasteiger partial charge in [0.2, 0.25) is 10.0 Å². The van der Waals surface area contributed by atoms with E-state index >= 15 is 0 Å². The normalized spacial score (nSPS) is 11.6. The van der Waals surface area contributed by atoms with E-state index in [2.05, 4.69) is 10.6 Å². The molecular formula is C15H25N3O3S2. The predicted octanol–water partition coefficient (Wildman–Crippen LogP) is 2.42. The second-order valence-electron chi connectivity index (χ2n) is 5.20. The molecular weight excluding hydrogens is 334 g/mol. The fourth-order valence-electron chi connectivity index (χ4n) is 2.08. The van der Waals surface area contributed by atoms with E-state index < -0.39 is 10.0 Å². The molecule has 0 heterocycles. The van der Waals surface area contributed by atoms with Gasteiger partial charge in [-0.05, 0) is 44.3 Å². The molecule has 0 amide bonds. The highest BCUT2D eigenvalue weighted by Crippen LogP contribution is 2.28. The van der Waals surface area contributed by atoms with Gasteiger partial charge in [0.25, 0.3) is 0 Å². The van der Waals surface area contributed by atoms with Gasteiger partial charge in [-0.3, -0.25) is 0 Å². The smallest absolute Gasteiger partial charge is 0.243 e. The lowest BCUT2D eigenvalue weighted by atomic mass is 10.3. The largest absolute Gasteiger partial charge is 0.495 e. The highest BCUT2D eigenvalue weighted by atomic mass is 32.2. The zero-order valence-electron chi connectivity index (χ0n) is 14.2. The molecule has 0 radical (unpaired) electrons. The van der Waals surface area contributed by atoms with E-state index in [1.54, 1.807) is 12.1 Å². The molecule has 1 aromatic carbocycles. The van der Waals surface area contributed by atoms with Crippen LogP contribution in [0.15, 0.2) is 23.1 Å². The van der Waals surface area contributed by atoms with Crippen molar-refractivity contribution in [2.75, 3.05) is 25.5 Å². The van der Waals surface area contributed by atoms with Crippen molar-refractivity contribution in [1.29, 1.82) is 0 Å². The second kappa shape index (κ2) is 8.47. The summed E-state index contributed by atoms with van der Waals surface area (Å²) in [4.78, 5) is 0.205. The highest BCUT2D eigenvalue weighted by Gasteiger charge is 2.23. The van der Waals surface area contributed by atoms with E-state index in [0.29, 0.717) is 29.6 Å². The number of thiocarbonyl (C=S) groups is 1. The predicted molar refractivity (Wildman–Crippen MR) is 97.6 cm³/mol. The summed E-state index contributed by atoms with van der Waals surface area (Å²) in [5, 5.41) is 6.46. The molecule has 0 saturated carbocycles. The van der Waals surface area contributed by atoms with Crippen LogP contribution in [-0.4, -0.2) is 44.1 Å². The van der Waals surface area contributed by atoms with Crippen LogP contribution >= 0.6 is 12.2 Å². The van der Waals surface area contributed by atoms with Crippen LogP contribution in [0, 0.1) is 0 Å². The highest BCUT2D eigenvalue weighted by molar-refractivity contribution is 7.89. The molecule has 0 spiro atoms. The molecule has 0 bridgehead atoms. The Kier molecular flexibility index (Phi) is 7.24. The van der Waals surface area contributed by atoms with E-state index in [1.807, 2.05) is 27.7 Å². The van der Waals surface area contributed by atoms with Gasteiger partial charge in [-0.2, -0.15) is 4.31 Å². The van der Waals surface area contributed by atoms with Crippen LogP contribution in [-0.2, 0) is 10.0 Å². The summed E-state index contributed by atoms with van der Waals surface area (Å²) in [5.41, 5.74) is 0.513. The third-order valence-electron chi connectivity index (χ3n) is 3.18. The van der Waals surface area contributed by atoms with Gasteiger partial charge in [-0.25, -0.2) is 8.42 Å². The van der Waals surface area contributed by atoms with Crippen molar-refractivity contribution in [3.8, 4) is 5.75 Å². The van der Waals surface area contributed by atoms with E-state index in [1.165, 1.54) is 17.5 Å². The minimum atomic E-state index is -3.53. The summed E-state index contributed by atoms with van der Waals surface area (Å²) < 4.78 is 31.9. The third kappa shape index (κ3) is 5.05. The fraction of sp³-hybridized carbons (Fsp3) is 0.533. The Morgan fingerprint density at radius 3 is 2.39 bits per heavy atom. The number of hydrogen-bond donors (Lipinski definition) is 2. The minimum absolute atomic E-state index is 0.170. The SMILES string of the molecule is CCN(CC)S(=O)(=O)c1ccc(OC)c(NC(=S)NC(C)C)c1. The number of benzene rings is 1. The second-order valence-corrected chi connectivity index (χ2v) is 7.55. The van der Waals surface area contributed by atoms with Gasteiger partial charge in [0.05, 0.1) is 17.7 Å². The zero-order chi connectivity index (χ0) is 17.6. The molecule has 0 atom stereocenters. The molecule has 0 aliphatic heterocycles. The van der Waals surface area contributed by atoms with E-state index in [4.69, 9.17) is 17.0 Å². The quantitative estimate of drug-likeness (QED) is 0.729. The average molecular weight is 360 g/mol. The van der Waals surface area contributed by atoms with Crippen LogP contribution in [0.2, 0.25) is 0 Å². The number of anilines is 1. The molecule has 23 heavy (non-hydrogen) atoms. The summed E-state index contributed by atoms with van der Waals surface area (Å²) >= 11 is 5.22. The number of nitrogens with zero attached hydrogens (tertiary/aromatic N) is 1. The van der Waals surface area contributed by atoms with Gasteiger partial charge < -0.3 is 15.4 Å². The molecule has 2 N–H and O–H groups in total. The lowest BCUT2D eigenvalue weighted by Crippen LogP contribution is -2.34.